The van der Waals surface area contributed by atoms with E-state index in [2.05, 4.69) is 15.4 Å². The first-order valence-corrected chi connectivity index (χ1v) is 9.56. The molecular weight excluding hydrogens is 424 g/mol. The van der Waals surface area contributed by atoms with Crippen LogP contribution in [-0.4, -0.2) is 31.4 Å². The second-order valence-corrected chi connectivity index (χ2v) is 6.71. The molecule has 3 rings (SSSR count). The van der Waals surface area contributed by atoms with E-state index < -0.39 is 17.8 Å². The van der Waals surface area contributed by atoms with Crippen LogP contribution in [0.15, 0.2) is 65.1 Å². The smallest absolute Gasteiger partial charge is 0.339 e. The molecule has 31 heavy (non-hydrogen) atoms. The van der Waals surface area contributed by atoms with Crippen molar-refractivity contribution in [2.24, 2.45) is 0 Å². The Morgan fingerprint density at radius 2 is 1.74 bits per heavy atom. The predicted octanol–water partition coefficient (Wildman–Crippen LogP) is 3.67. The number of carbonyl (C=O) groups excluding carboxylic acids is 3. The third kappa shape index (κ3) is 6.10. The molecule has 0 radical (unpaired) electrons. The van der Waals surface area contributed by atoms with Crippen LogP contribution in [0, 0.1) is 0 Å². The summed E-state index contributed by atoms with van der Waals surface area (Å²) in [5.74, 6) is -0.565. The number of hydrogen-bond acceptors (Lipinski definition) is 6. The van der Waals surface area contributed by atoms with E-state index in [1.807, 2.05) is 0 Å². The fraction of sp³-hybridized carbons (Fsp3) is 0.136. The maximum atomic E-state index is 12.2. The van der Waals surface area contributed by atoms with Crippen molar-refractivity contribution >= 4 is 35.1 Å². The zero-order valence-corrected chi connectivity index (χ0v) is 17.3. The molecule has 0 saturated heterocycles. The van der Waals surface area contributed by atoms with Crippen molar-refractivity contribution in [3.63, 3.8) is 0 Å². The third-order valence-corrected chi connectivity index (χ3v) is 4.35. The van der Waals surface area contributed by atoms with Gasteiger partial charge in [0.05, 0.1) is 24.9 Å². The highest BCUT2D eigenvalue weighted by molar-refractivity contribution is 6.30. The molecule has 0 saturated carbocycles. The monoisotopic (exact) mass is 442 g/mol. The van der Waals surface area contributed by atoms with Gasteiger partial charge in [-0.25, -0.2) is 4.79 Å². The van der Waals surface area contributed by atoms with Gasteiger partial charge in [-0.2, -0.15) is 0 Å². The van der Waals surface area contributed by atoms with E-state index >= 15 is 0 Å². The molecule has 1 heterocycles. The minimum atomic E-state index is -0.580. The average molecular weight is 443 g/mol. The highest BCUT2D eigenvalue weighted by atomic mass is 35.5. The van der Waals surface area contributed by atoms with Crippen LogP contribution < -0.4 is 15.4 Å². The molecular formula is C22H19ClN2O6. The second kappa shape index (κ2) is 10.3. The van der Waals surface area contributed by atoms with E-state index in [0.29, 0.717) is 16.5 Å². The molecule has 0 aliphatic carbocycles. The Kier molecular flexibility index (Phi) is 7.29. The molecule has 1 aromatic heterocycles. The number of ether oxygens (including phenoxy) is 2. The number of nitrogens with one attached hydrogen (secondary N) is 2. The first-order valence-electron chi connectivity index (χ1n) is 9.18. The van der Waals surface area contributed by atoms with Gasteiger partial charge in [0.1, 0.15) is 18.1 Å². The highest BCUT2D eigenvalue weighted by Crippen LogP contribution is 2.18. The summed E-state index contributed by atoms with van der Waals surface area (Å²) < 4.78 is 15.7. The van der Waals surface area contributed by atoms with Crippen LogP contribution in [-0.2, 0) is 16.1 Å². The minimum absolute atomic E-state index is 0.0393. The molecule has 160 valence electrons. The van der Waals surface area contributed by atoms with E-state index in [0.717, 1.165) is 0 Å². The zero-order valence-electron chi connectivity index (χ0n) is 16.5. The van der Waals surface area contributed by atoms with Crippen LogP contribution in [0.25, 0.3) is 0 Å². The quantitative estimate of drug-likeness (QED) is 0.515. The Morgan fingerprint density at radius 1 is 1.00 bits per heavy atom. The second-order valence-electron chi connectivity index (χ2n) is 6.28. The van der Waals surface area contributed by atoms with Gasteiger partial charge in [0.2, 0.25) is 5.91 Å². The van der Waals surface area contributed by atoms with Gasteiger partial charge in [-0.1, -0.05) is 23.7 Å². The Hall–Kier alpha value is -3.78. The zero-order chi connectivity index (χ0) is 22.2. The van der Waals surface area contributed by atoms with Gasteiger partial charge >= 0.3 is 5.97 Å². The van der Waals surface area contributed by atoms with Gasteiger partial charge in [-0.15, -0.1) is 0 Å². The van der Waals surface area contributed by atoms with E-state index in [1.165, 1.54) is 19.2 Å². The third-order valence-electron chi connectivity index (χ3n) is 4.10. The molecule has 0 aliphatic heterocycles. The molecule has 0 unspecified atom stereocenters. The molecule has 2 aromatic carbocycles. The molecule has 2 N–H and O–H groups in total. The van der Waals surface area contributed by atoms with Gasteiger partial charge in [0, 0.05) is 5.02 Å². The Labute approximate surface area is 183 Å². The van der Waals surface area contributed by atoms with E-state index in [1.54, 1.807) is 48.5 Å². The lowest BCUT2D eigenvalue weighted by atomic mass is 10.2. The number of para-hydroxylation sites is 1. The van der Waals surface area contributed by atoms with Gasteiger partial charge in [-0.3, -0.25) is 9.59 Å². The number of hydrogen-bond donors (Lipinski definition) is 2. The first-order chi connectivity index (χ1) is 15.0. The van der Waals surface area contributed by atoms with Crippen LogP contribution in [0.5, 0.6) is 5.75 Å². The molecule has 0 spiro atoms. The number of methoxy groups -OCH3 is 1. The lowest BCUT2D eigenvalue weighted by molar-refractivity contribution is -0.115. The average Bonchev–Trinajstić information content (AvgIpc) is 3.26. The first kappa shape index (κ1) is 21.9. The topological polar surface area (TPSA) is 107 Å². The van der Waals surface area contributed by atoms with Crippen molar-refractivity contribution in [3.8, 4) is 5.75 Å². The van der Waals surface area contributed by atoms with Gasteiger partial charge in [0.25, 0.3) is 5.91 Å². The normalized spacial score (nSPS) is 10.3. The van der Waals surface area contributed by atoms with Crippen molar-refractivity contribution in [3.05, 3.63) is 82.8 Å². The fourth-order valence-corrected chi connectivity index (χ4v) is 2.71. The van der Waals surface area contributed by atoms with Crippen molar-refractivity contribution in [1.82, 2.24) is 5.32 Å². The lowest BCUT2D eigenvalue weighted by Gasteiger charge is -2.10. The number of furan rings is 1. The van der Waals surface area contributed by atoms with Crippen LogP contribution in [0.2, 0.25) is 5.02 Å². The Morgan fingerprint density at radius 3 is 2.48 bits per heavy atom. The number of halogens is 1. The maximum Gasteiger partial charge on any atom is 0.339 e. The van der Waals surface area contributed by atoms with Crippen molar-refractivity contribution in [2.45, 2.75) is 6.61 Å². The summed E-state index contributed by atoms with van der Waals surface area (Å²) in [7, 11) is 1.25. The van der Waals surface area contributed by atoms with E-state index in [-0.39, 0.29) is 30.2 Å². The van der Waals surface area contributed by atoms with Gasteiger partial charge in [0.15, 0.2) is 5.76 Å². The highest BCUT2D eigenvalue weighted by Gasteiger charge is 2.16. The molecule has 2 amide bonds. The molecule has 0 aliphatic rings. The van der Waals surface area contributed by atoms with E-state index in [9.17, 15) is 14.4 Å². The maximum absolute atomic E-state index is 12.2. The SMILES string of the molecule is COC(=O)c1ccccc1NC(=O)CNC(=O)c1ccc(COc2ccc(Cl)cc2)o1. The number of benzene rings is 2. The lowest BCUT2D eigenvalue weighted by Crippen LogP contribution is -2.33. The number of rotatable bonds is 8. The van der Waals surface area contributed by atoms with Crippen LogP contribution in [0.3, 0.4) is 0 Å². The van der Waals surface area contributed by atoms with Crippen molar-refractivity contribution in [1.29, 1.82) is 0 Å². The summed E-state index contributed by atoms with van der Waals surface area (Å²) >= 11 is 5.82. The summed E-state index contributed by atoms with van der Waals surface area (Å²) in [4.78, 5) is 36.2. The molecule has 8 nitrogen and oxygen atoms in total. The largest absolute Gasteiger partial charge is 0.486 e. The number of carbonyl (C=O) groups is 3. The number of anilines is 1. The summed E-state index contributed by atoms with van der Waals surface area (Å²) in [5.41, 5.74) is 0.495. The van der Waals surface area contributed by atoms with Crippen molar-refractivity contribution < 1.29 is 28.3 Å². The predicted molar refractivity (Wildman–Crippen MR) is 113 cm³/mol. The molecule has 0 bridgehead atoms. The van der Waals surface area contributed by atoms with Gasteiger partial charge < -0.3 is 24.5 Å². The van der Waals surface area contributed by atoms with Gasteiger partial charge in [-0.05, 0) is 48.5 Å². The summed E-state index contributed by atoms with van der Waals surface area (Å²) in [5, 5.41) is 5.62. The summed E-state index contributed by atoms with van der Waals surface area (Å²) in [6.45, 7) is -0.189. The number of amides is 2. The van der Waals surface area contributed by atoms with Crippen molar-refractivity contribution in [2.75, 3.05) is 19.0 Å². The molecule has 0 atom stereocenters. The minimum Gasteiger partial charge on any atom is -0.486 e. The molecule has 0 fully saturated rings. The standard InChI is InChI=1S/C22H19ClN2O6/c1-29-22(28)17-4-2-3-5-18(17)25-20(26)12-24-21(27)19-11-10-16(31-19)13-30-15-8-6-14(23)7-9-15/h2-11H,12-13H2,1H3,(H,24,27)(H,25,26). The molecule has 3 aromatic rings. The van der Waals surface area contributed by atoms with Crippen LogP contribution in [0.1, 0.15) is 26.7 Å². The Balaban J connectivity index is 1.50. The fourth-order valence-electron chi connectivity index (χ4n) is 2.58. The van der Waals surface area contributed by atoms with Crippen LogP contribution >= 0.6 is 11.6 Å². The van der Waals surface area contributed by atoms with E-state index in [4.69, 9.17) is 20.8 Å². The molecule has 9 heteroatoms. The summed E-state index contributed by atoms with van der Waals surface area (Å²) in [6.07, 6.45) is 0. The number of esters is 1. The Bertz CT molecular complexity index is 1080. The summed E-state index contributed by atoms with van der Waals surface area (Å²) in [6, 6.07) is 16.3. The van der Waals surface area contributed by atoms with Crippen LogP contribution in [0.4, 0.5) is 5.69 Å².